The lowest BCUT2D eigenvalue weighted by Gasteiger charge is -2.40. The molecule has 17 heavy (non-hydrogen) atoms. The molecule has 0 aromatic heterocycles. The minimum atomic E-state index is -0.225. The van der Waals surface area contributed by atoms with E-state index < -0.39 is 0 Å². The topological polar surface area (TPSA) is 12.0 Å². The third kappa shape index (κ3) is 2.95. The van der Waals surface area contributed by atoms with Crippen molar-refractivity contribution in [2.45, 2.75) is 30.6 Å². The van der Waals surface area contributed by atoms with E-state index in [0.717, 1.165) is 6.54 Å². The highest BCUT2D eigenvalue weighted by molar-refractivity contribution is 8.00. The van der Waals surface area contributed by atoms with Gasteiger partial charge in [0, 0.05) is 28.4 Å². The number of thioether (sulfide) groups is 1. The Bertz CT molecular complexity index is 367. The summed E-state index contributed by atoms with van der Waals surface area (Å²) in [5.74, 6) is -0.225. The SMILES string of the molecule is CSC1(CNCc2c(F)cccc2Cl)CCC1. The van der Waals surface area contributed by atoms with Crippen LogP contribution in [-0.2, 0) is 6.54 Å². The highest BCUT2D eigenvalue weighted by Crippen LogP contribution is 2.42. The highest BCUT2D eigenvalue weighted by atomic mass is 35.5. The van der Waals surface area contributed by atoms with Gasteiger partial charge < -0.3 is 5.32 Å². The van der Waals surface area contributed by atoms with Gasteiger partial charge in [0.1, 0.15) is 5.82 Å². The largest absolute Gasteiger partial charge is 0.311 e. The Balaban J connectivity index is 1.90. The first kappa shape index (κ1) is 13.2. The molecule has 0 heterocycles. The Labute approximate surface area is 111 Å². The van der Waals surface area contributed by atoms with E-state index in [9.17, 15) is 4.39 Å². The van der Waals surface area contributed by atoms with E-state index >= 15 is 0 Å². The lowest BCUT2D eigenvalue weighted by Crippen LogP contribution is -2.43. The molecular formula is C13H17ClFNS. The molecule has 1 saturated carbocycles. The number of rotatable bonds is 5. The third-order valence-electron chi connectivity index (χ3n) is 3.51. The van der Waals surface area contributed by atoms with Gasteiger partial charge in [-0.2, -0.15) is 11.8 Å². The maximum Gasteiger partial charge on any atom is 0.129 e. The van der Waals surface area contributed by atoms with Crippen LogP contribution in [0.4, 0.5) is 4.39 Å². The van der Waals surface area contributed by atoms with E-state index in [1.54, 1.807) is 12.1 Å². The number of hydrogen-bond acceptors (Lipinski definition) is 2. The van der Waals surface area contributed by atoms with Crippen LogP contribution in [-0.4, -0.2) is 17.5 Å². The quantitative estimate of drug-likeness (QED) is 0.874. The second-order valence-corrected chi connectivity index (χ2v) is 6.23. The van der Waals surface area contributed by atoms with Crippen LogP contribution in [0.1, 0.15) is 24.8 Å². The summed E-state index contributed by atoms with van der Waals surface area (Å²) in [4.78, 5) is 0. The second-order valence-electron chi connectivity index (χ2n) is 4.54. The maximum absolute atomic E-state index is 13.5. The number of halogens is 2. The van der Waals surface area contributed by atoms with E-state index in [-0.39, 0.29) is 5.82 Å². The zero-order chi connectivity index (χ0) is 12.3. The summed E-state index contributed by atoms with van der Waals surface area (Å²) in [5, 5.41) is 3.84. The first-order valence-electron chi connectivity index (χ1n) is 5.86. The second kappa shape index (κ2) is 5.59. The van der Waals surface area contributed by atoms with E-state index in [2.05, 4.69) is 11.6 Å². The van der Waals surface area contributed by atoms with Crippen LogP contribution in [0.3, 0.4) is 0 Å². The van der Waals surface area contributed by atoms with Crippen molar-refractivity contribution in [2.75, 3.05) is 12.8 Å². The van der Waals surface area contributed by atoms with Crippen molar-refractivity contribution >= 4 is 23.4 Å². The molecule has 0 aliphatic heterocycles. The monoisotopic (exact) mass is 273 g/mol. The fourth-order valence-electron chi connectivity index (χ4n) is 2.14. The number of benzene rings is 1. The molecule has 1 aliphatic carbocycles. The van der Waals surface area contributed by atoms with Gasteiger partial charge in [-0.1, -0.05) is 24.1 Å². The minimum Gasteiger partial charge on any atom is -0.311 e. The molecule has 0 amide bonds. The third-order valence-corrected chi connectivity index (χ3v) is 5.28. The van der Waals surface area contributed by atoms with Gasteiger partial charge in [-0.25, -0.2) is 4.39 Å². The summed E-state index contributed by atoms with van der Waals surface area (Å²) >= 11 is 7.89. The van der Waals surface area contributed by atoms with E-state index in [1.807, 2.05) is 11.8 Å². The zero-order valence-electron chi connectivity index (χ0n) is 9.93. The van der Waals surface area contributed by atoms with Gasteiger partial charge >= 0.3 is 0 Å². The van der Waals surface area contributed by atoms with Gasteiger partial charge in [0.25, 0.3) is 0 Å². The molecule has 0 spiro atoms. The predicted molar refractivity (Wildman–Crippen MR) is 73.2 cm³/mol. The molecule has 2 rings (SSSR count). The van der Waals surface area contributed by atoms with Crippen molar-refractivity contribution < 1.29 is 4.39 Å². The molecule has 4 heteroatoms. The summed E-state index contributed by atoms with van der Waals surface area (Å²) in [6.45, 7) is 1.44. The summed E-state index contributed by atoms with van der Waals surface area (Å²) in [6.07, 6.45) is 5.97. The van der Waals surface area contributed by atoms with Gasteiger partial charge in [-0.05, 0) is 31.2 Å². The molecule has 1 N–H and O–H groups in total. The summed E-state index contributed by atoms with van der Waals surface area (Å²) < 4.78 is 13.9. The molecule has 1 aliphatic rings. The molecule has 1 aromatic rings. The van der Waals surface area contributed by atoms with Gasteiger partial charge in [-0.15, -0.1) is 0 Å². The predicted octanol–water partition coefficient (Wildman–Crippen LogP) is 3.85. The van der Waals surface area contributed by atoms with Gasteiger partial charge in [0.05, 0.1) is 0 Å². The Hall–Kier alpha value is -0.250. The molecule has 0 unspecified atom stereocenters. The Morgan fingerprint density at radius 3 is 2.76 bits per heavy atom. The smallest absolute Gasteiger partial charge is 0.129 e. The van der Waals surface area contributed by atoms with Crippen LogP contribution >= 0.6 is 23.4 Å². The van der Waals surface area contributed by atoms with Crippen molar-refractivity contribution in [3.05, 3.63) is 34.6 Å². The molecular weight excluding hydrogens is 257 g/mol. The highest BCUT2D eigenvalue weighted by Gasteiger charge is 2.35. The zero-order valence-corrected chi connectivity index (χ0v) is 11.5. The fraction of sp³-hybridized carbons (Fsp3) is 0.538. The lowest BCUT2D eigenvalue weighted by molar-refractivity contribution is 0.344. The Morgan fingerprint density at radius 2 is 2.24 bits per heavy atom. The van der Waals surface area contributed by atoms with Crippen LogP contribution in [0.15, 0.2) is 18.2 Å². The van der Waals surface area contributed by atoms with Crippen LogP contribution in [0.5, 0.6) is 0 Å². The average Bonchev–Trinajstić information content (AvgIpc) is 2.26. The lowest BCUT2D eigenvalue weighted by atomic mass is 9.84. The summed E-state index contributed by atoms with van der Waals surface area (Å²) in [7, 11) is 0. The van der Waals surface area contributed by atoms with Gasteiger partial charge in [-0.3, -0.25) is 0 Å². The molecule has 0 saturated heterocycles. The summed E-state index contributed by atoms with van der Waals surface area (Å²) in [6, 6.07) is 4.82. The molecule has 1 fully saturated rings. The number of nitrogens with one attached hydrogen (secondary N) is 1. The van der Waals surface area contributed by atoms with Crippen LogP contribution < -0.4 is 5.32 Å². The number of hydrogen-bond donors (Lipinski definition) is 1. The van der Waals surface area contributed by atoms with Gasteiger partial charge in [0.15, 0.2) is 0 Å². The van der Waals surface area contributed by atoms with Crippen molar-refractivity contribution in [2.24, 2.45) is 0 Å². The Kier molecular flexibility index (Phi) is 4.34. The van der Waals surface area contributed by atoms with E-state index in [4.69, 9.17) is 11.6 Å². The molecule has 94 valence electrons. The van der Waals surface area contributed by atoms with Crippen molar-refractivity contribution in [1.82, 2.24) is 5.32 Å². The normalized spacial score (nSPS) is 17.8. The standard InChI is InChI=1S/C13H17ClFNS/c1-17-13(6-3-7-13)9-16-8-10-11(14)4-2-5-12(10)15/h2,4-5,16H,3,6-9H2,1H3. The van der Waals surface area contributed by atoms with Crippen LogP contribution in [0, 0.1) is 5.82 Å². The fourth-order valence-corrected chi connectivity index (χ4v) is 3.31. The van der Waals surface area contributed by atoms with Crippen LogP contribution in [0.2, 0.25) is 5.02 Å². The molecule has 0 bridgehead atoms. The van der Waals surface area contributed by atoms with Crippen LogP contribution in [0.25, 0.3) is 0 Å². The molecule has 0 radical (unpaired) electrons. The van der Waals surface area contributed by atoms with Crippen molar-refractivity contribution in [1.29, 1.82) is 0 Å². The molecule has 1 nitrogen and oxygen atoms in total. The Morgan fingerprint density at radius 1 is 1.47 bits per heavy atom. The maximum atomic E-state index is 13.5. The molecule has 0 atom stereocenters. The first-order valence-corrected chi connectivity index (χ1v) is 7.46. The minimum absolute atomic E-state index is 0.225. The average molecular weight is 274 g/mol. The van der Waals surface area contributed by atoms with Gasteiger partial charge in [0.2, 0.25) is 0 Å². The van der Waals surface area contributed by atoms with Crippen molar-refractivity contribution in [3.63, 3.8) is 0 Å². The van der Waals surface area contributed by atoms with E-state index in [0.29, 0.717) is 21.9 Å². The molecule has 1 aromatic carbocycles. The first-order chi connectivity index (χ1) is 8.17. The van der Waals surface area contributed by atoms with Crippen molar-refractivity contribution in [3.8, 4) is 0 Å². The summed E-state index contributed by atoms with van der Waals surface area (Å²) in [5.41, 5.74) is 0.574. The van der Waals surface area contributed by atoms with E-state index in [1.165, 1.54) is 25.3 Å².